The summed E-state index contributed by atoms with van der Waals surface area (Å²) in [5.74, 6) is -0.385. The Hall–Kier alpha value is -1.39. The molecule has 3 unspecified atom stereocenters. The van der Waals surface area contributed by atoms with Crippen LogP contribution in [0.5, 0.6) is 0 Å². The Labute approximate surface area is 120 Å². The lowest BCUT2D eigenvalue weighted by Gasteiger charge is -2.31. The molecule has 0 aliphatic heterocycles. The number of fused-ring (bicyclic) bond motifs is 1. The number of nitrogens with zero attached hydrogens (tertiary/aromatic N) is 1. The van der Waals surface area contributed by atoms with Crippen molar-refractivity contribution in [3.05, 3.63) is 35.4 Å². The van der Waals surface area contributed by atoms with E-state index in [2.05, 4.69) is 17.9 Å². The van der Waals surface area contributed by atoms with Crippen LogP contribution in [-0.4, -0.2) is 42.2 Å². The highest BCUT2D eigenvalue weighted by atomic mass is 16.5. The van der Waals surface area contributed by atoms with Crippen molar-refractivity contribution in [1.82, 2.24) is 4.90 Å². The normalized spacial score (nSPS) is 22.6. The van der Waals surface area contributed by atoms with Crippen LogP contribution in [0.15, 0.2) is 24.3 Å². The maximum atomic E-state index is 11.6. The Morgan fingerprint density at radius 1 is 1.50 bits per heavy atom. The van der Waals surface area contributed by atoms with Gasteiger partial charge in [-0.2, -0.15) is 0 Å². The summed E-state index contributed by atoms with van der Waals surface area (Å²) in [7, 11) is 1.41. The summed E-state index contributed by atoms with van der Waals surface area (Å²) in [5.41, 5.74) is 2.22. The van der Waals surface area contributed by atoms with Gasteiger partial charge in [-0.25, -0.2) is 0 Å². The van der Waals surface area contributed by atoms with E-state index in [1.807, 2.05) is 25.1 Å². The summed E-state index contributed by atoms with van der Waals surface area (Å²) in [5, 5.41) is 10.5. The van der Waals surface area contributed by atoms with Crippen LogP contribution >= 0.6 is 0 Å². The van der Waals surface area contributed by atoms with Crippen molar-refractivity contribution in [2.45, 2.75) is 32.4 Å². The molecule has 1 aromatic rings. The first-order valence-corrected chi connectivity index (χ1v) is 7.16. The zero-order valence-electron chi connectivity index (χ0n) is 12.4. The number of carbonyl (C=O) groups is 1. The summed E-state index contributed by atoms with van der Waals surface area (Å²) in [6.07, 6.45) is 0.356. The lowest BCUT2D eigenvalue weighted by atomic mass is 10.1. The number of hydrogen-bond acceptors (Lipinski definition) is 4. The van der Waals surface area contributed by atoms with Gasteiger partial charge in [0.15, 0.2) is 0 Å². The number of likely N-dealkylation sites (N-methyl/N-ethyl adjacent to an activating group) is 1. The van der Waals surface area contributed by atoms with Crippen LogP contribution in [0.25, 0.3) is 0 Å². The van der Waals surface area contributed by atoms with E-state index < -0.39 is 6.10 Å². The van der Waals surface area contributed by atoms with E-state index >= 15 is 0 Å². The molecule has 0 saturated carbocycles. The van der Waals surface area contributed by atoms with Crippen LogP contribution in [0.3, 0.4) is 0 Å². The lowest BCUT2D eigenvalue weighted by molar-refractivity contribution is -0.145. The monoisotopic (exact) mass is 277 g/mol. The molecular weight excluding hydrogens is 254 g/mol. The molecule has 2 rings (SSSR count). The molecule has 110 valence electrons. The molecule has 0 saturated heterocycles. The average molecular weight is 277 g/mol. The molecule has 0 radical (unpaired) electrons. The fraction of sp³-hybridized carbons (Fsp3) is 0.562. The minimum absolute atomic E-state index is 0.0458. The van der Waals surface area contributed by atoms with E-state index in [1.165, 1.54) is 12.7 Å². The van der Waals surface area contributed by atoms with E-state index in [1.54, 1.807) is 0 Å². The van der Waals surface area contributed by atoms with Gasteiger partial charge in [-0.05, 0) is 24.1 Å². The third kappa shape index (κ3) is 2.86. The molecule has 3 atom stereocenters. The predicted octanol–water partition coefficient (Wildman–Crippen LogP) is 1.78. The molecule has 0 spiro atoms. The standard InChI is InChI=1S/C16H23NO3/c1-4-17(10-11(2)16(19)20-3)14-9-12-7-5-6-8-13(12)15(14)18/h5-8,11,14-15,18H,4,9-10H2,1-3H3. The molecule has 0 amide bonds. The maximum absolute atomic E-state index is 11.6. The number of aliphatic hydroxyl groups excluding tert-OH is 1. The van der Waals surface area contributed by atoms with Gasteiger partial charge >= 0.3 is 5.97 Å². The second kappa shape index (κ2) is 6.37. The molecule has 0 aromatic heterocycles. The lowest BCUT2D eigenvalue weighted by Crippen LogP contribution is -2.42. The van der Waals surface area contributed by atoms with E-state index in [0.29, 0.717) is 6.54 Å². The Kier molecular flexibility index (Phi) is 4.78. The van der Waals surface area contributed by atoms with E-state index in [0.717, 1.165) is 18.5 Å². The number of rotatable bonds is 5. The van der Waals surface area contributed by atoms with Crippen molar-refractivity contribution in [2.75, 3.05) is 20.2 Å². The molecule has 4 heteroatoms. The summed E-state index contributed by atoms with van der Waals surface area (Å²) < 4.78 is 4.78. The number of carbonyl (C=O) groups excluding carboxylic acids is 1. The first kappa shape index (κ1) is 15.0. The Bertz CT molecular complexity index is 475. The third-order valence-corrected chi connectivity index (χ3v) is 4.15. The largest absolute Gasteiger partial charge is 0.469 e. The fourth-order valence-electron chi connectivity index (χ4n) is 3.01. The van der Waals surface area contributed by atoms with Crippen molar-refractivity contribution >= 4 is 5.97 Å². The molecule has 1 N–H and O–H groups in total. The number of methoxy groups -OCH3 is 1. The summed E-state index contributed by atoms with van der Waals surface area (Å²) in [6.45, 7) is 5.33. The molecule has 0 bridgehead atoms. The second-order valence-electron chi connectivity index (χ2n) is 5.43. The molecule has 4 nitrogen and oxygen atoms in total. The highest BCUT2D eigenvalue weighted by Crippen LogP contribution is 2.34. The van der Waals surface area contributed by atoms with Gasteiger partial charge in [0.25, 0.3) is 0 Å². The molecule has 1 aliphatic rings. The molecule has 20 heavy (non-hydrogen) atoms. The van der Waals surface area contributed by atoms with Gasteiger partial charge < -0.3 is 9.84 Å². The topological polar surface area (TPSA) is 49.8 Å². The van der Waals surface area contributed by atoms with Crippen LogP contribution in [0.1, 0.15) is 31.1 Å². The average Bonchev–Trinajstić information content (AvgIpc) is 2.81. The van der Waals surface area contributed by atoms with Crippen LogP contribution in [0.4, 0.5) is 0 Å². The quantitative estimate of drug-likeness (QED) is 0.834. The van der Waals surface area contributed by atoms with Gasteiger partial charge in [0.2, 0.25) is 0 Å². The maximum Gasteiger partial charge on any atom is 0.309 e. The Balaban J connectivity index is 2.09. The molecular formula is C16H23NO3. The number of hydrogen-bond donors (Lipinski definition) is 1. The predicted molar refractivity (Wildman–Crippen MR) is 77.3 cm³/mol. The Morgan fingerprint density at radius 2 is 2.20 bits per heavy atom. The first-order valence-electron chi connectivity index (χ1n) is 7.16. The van der Waals surface area contributed by atoms with Crippen molar-refractivity contribution < 1.29 is 14.6 Å². The Morgan fingerprint density at radius 3 is 2.80 bits per heavy atom. The zero-order valence-corrected chi connectivity index (χ0v) is 12.4. The minimum atomic E-state index is -0.476. The van der Waals surface area contributed by atoms with Gasteiger partial charge in [-0.3, -0.25) is 9.69 Å². The summed E-state index contributed by atoms with van der Waals surface area (Å²) in [4.78, 5) is 13.7. The smallest absolute Gasteiger partial charge is 0.309 e. The first-order chi connectivity index (χ1) is 9.58. The third-order valence-electron chi connectivity index (χ3n) is 4.15. The summed E-state index contributed by atoms with van der Waals surface area (Å²) >= 11 is 0. The van der Waals surface area contributed by atoms with Gasteiger partial charge in [0.1, 0.15) is 0 Å². The number of benzene rings is 1. The number of esters is 1. The van der Waals surface area contributed by atoms with Crippen molar-refractivity contribution in [3.63, 3.8) is 0 Å². The van der Waals surface area contributed by atoms with E-state index in [9.17, 15) is 9.90 Å². The summed E-state index contributed by atoms with van der Waals surface area (Å²) in [6, 6.07) is 8.05. The fourth-order valence-corrected chi connectivity index (χ4v) is 3.01. The van der Waals surface area contributed by atoms with Gasteiger partial charge in [0.05, 0.1) is 19.1 Å². The van der Waals surface area contributed by atoms with Crippen molar-refractivity contribution in [2.24, 2.45) is 5.92 Å². The van der Waals surface area contributed by atoms with Crippen molar-refractivity contribution in [1.29, 1.82) is 0 Å². The highest BCUT2D eigenvalue weighted by Gasteiger charge is 2.35. The van der Waals surface area contributed by atoms with E-state index in [-0.39, 0.29) is 17.9 Å². The van der Waals surface area contributed by atoms with E-state index in [4.69, 9.17) is 4.74 Å². The second-order valence-corrected chi connectivity index (χ2v) is 5.43. The minimum Gasteiger partial charge on any atom is -0.469 e. The number of ether oxygens (including phenoxy) is 1. The van der Waals surface area contributed by atoms with Gasteiger partial charge in [0, 0.05) is 12.6 Å². The molecule has 1 aliphatic carbocycles. The van der Waals surface area contributed by atoms with Crippen LogP contribution < -0.4 is 0 Å². The van der Waals surface area contributed by atoms with Gasteiger partial charge in [-0.15, -0.1) is 0 Å². The molecule has 0 heterocycles. The van der Waals surface area contributed by atoms with Gasteiger partial charge in [-0.1, -0.05) is 38.1 Å². The molecule has 1 aromatic carbocycles. The van der Waals surface area contributed by atoms with Crippen LogP contribution in [-0.2, 0) is 16.0 Å². The van der Waals surface area contributed by atoms with Crippen LogP contribution in [0.2, 0.25) is 0 Å². The highest BCUT2D eigenvalue weighted by molar-refractivity contribution is 5.72. The van der Waals surface area contributed by atoms with Crippen LogP contribution in [0, 0.1) is 5.92 Å². The zero-order chi connectivity index (χ0) is 14.7. The SMILES string of the molecule is CCN(CC(C)C(=O)OC)C1Cc2ccccc2C1O. The number of aliphatic hydroxyl groups is 1. The van der Waals surface area contributed by atoms with Crippen molar-refractivity contribution in [3.8, 4) is 0 Å². The molecule has 0 fully saturated rings.